The molecule has 2 N–H and O–H groups in total. The molecule has 0 saturated heterocycles. The SMILES string of the molecule is C=C/C=C1/c2c(ccc(OC)c2OC)[C@@H](O)[C@]12NCCc1cc3c(cc12)OCO3. The molecule has 5 rings (SSSR count). The molecule has 2 heterocycles. The molecule has 0 aromatic heterocycles. The molecular formula is C23H23NO5. The van der Waals surface area contributed by atoms with Gasteiger partial charge in [-0.1, -0.05) is 24.8 Å². The van der Waals surface area contributed by atoms with Crippen LogP contribution in [0.15, 0.2) is 43.0 Å². The summed E-state index contributed by atoms with van der Waals surface area (Å²) >= 11 is 0. The lowest BCUT2D eigenvalue weighted by atomic mass is 9.75. The van der Waals surface area contributed by atoms with Crippen molar-refractivity contribution >= 4 is 5.57 Å². The zero-order valence-corrected chi connectivity index (χ0v) is 16.5. The smallest absolute Gasteiger partial charge is 0.231 e. The Balaban J connectivity index is 1.81. The van der Waals surface area contributed by atoms with Crippen molar-refractivity contribution in [3.8, 4) is 23.0 Å². The number of hydrogen-bond donors (Lipinski definition) is 2. The van der Waals surface area contributed by atoms with Gasteiger partial charge in [0, 0.05) is 12.1 Å². The lowest BCUT2D eigenvalue weighted by molar-refractivity contribution is 0.0961. The van der Waals surface area contributed by atoms with Gasteiger partial charge in [-0.15, -0.1) is 0 Å². The molecule has 0 radical (unpaired) electrons. The summed E-state index contributed by atoms with van der Waals surface area (Å²) < 4.78 is 22.4. The van der Waals surface area contributed by atoms with Gasteiger partial charge in [0.2, 0.25) is 6.79 Å². The monoisotopic (exact) mass is 393 g/mol. The van der Waals surface area contributed by atoms with E-state index in [0.29, 0.717) is 23.8 Å². The van der Waals surface area contributed by atoms with Crippen LogP contribution in [0.4, 0.5) is 0 Å². The first kappa shape index (κ1) is 18.1. The number of ether oxygens (including phenoxy) is 4. The molecule has 0 unspecified atom stereocenters. The first-order valence-corrected chi connectivity index (χ1v) is 9.60. The topological polar surface area (TPSA) is 69.2 Å². The summed E-state index contributed by atoms with van der Waals surface area (Å²) in [7, 11) is 3.22. The summed E-state index contributed by atoms with van der Waals surface area (Å²) in [5.74, 6) is 2.66. The van der Waals surface area contributed by atoms with Crippen LogP contribution in [0.1, 0.15) is 28.4 Å². The fraction of sp³-hybridized carbons (Fsp3) is 0.304. The Morgan fingerprint density at radius 2 is 2.00 bits per heavy atom. The predicted molar refractivity (Wildman–Crippen MR) is 109 cm³/mol. The number of allylic oxidation sites excluding steroid dienone is 2. The Morgan fingerprint density at radius 3 is 2.72 bits per heavy atom. The maximum atomic E-state index is 11.6. The molecule has 1 spiro atoms. The van der Waals surface area contributed by atoms with Gasteiger partial charge >= 0.3 is 0 Å². The maximum absolute atomic E-state index is 11.6. The van der Waals surface area contributed by atoms with E-state index in [1.165, 1.54) is 0 Å². The van der Waals surface area contributed by atoms with Gasteiger partial charge in [-0.25, -0.2) is 0 Å². The third-order valence-electron chi connectivity index (χ3n) is 6.08. The minimum atomic E-state index is -0.843. The molecule has 0 saturated carbocycles. The highest BCUT2D eigenvalue weighted by Crippen LogP contribution is 2.60. The molecule has 3 aliphatic rings. The van der Waals surface area contributed by atoms with Crippen molar-refractivity contribution in [3.05, 3.63) is 65.3 Å². The molecule has 0 fully saturated rings. The van der Waals surface area contributed by atoms with Gasteiger partial charge in [0.25, 0.3) is 0 Å². The fourth-order valence-corrected chi connectivity index (χ4v) is 4.89. The molecule has 6 heteroatoms. The molecule has 2 aliphatic heterocycles. The summed E-state index contributed by atoms with van der Waals surface area (Å²) in [6, 6.07) is 7.74. The summed E-state index contributed by atoms with van der Waals surface area (Å²) in [5.41, 5.74) is 3.77. The number of benzene rings is 2. The third-order valence-corrected chi connectivity index (χ3v) is 6.08. The minimum absolute atomic E-state index is 0.210. The number of aliphatic hydroxyl groups excluding tert-OH is 1. The van der Waals surface area contributed by atoms with Crippen LogP contribution in [0.3, 0.4) is 0 Å². The molecular weight excluding hydrogens is 370 g/mol. The van der Waals surface area contributed by atoms with Crippen LogP contribution in [-0.2, 0) is 12.0 Å². The van der Waals surface area contributed by atoms with Gasteiger partial charge in [-0.3, -0.25) is 0 Å². The normalized spacial score (nSPS) is 25.1. The summed E-state index contributed by atoms with van der Waals surface area (Å²) in [6.07, 6.45) is 3.69. The van der Waals surface area contributed by atoms with E-state index in [9.17, 15) is 5.11 Å². The van der Waals surface area contributed by atoms with Gasteiger partial charge in [0.15, 0.2) is 23.0 Å². The maximum Gasteiger partial charge on any atom is 0.231 e. The second-order valence-corrected chi connectivity index (χ2v) is 7.33. The number of rotatable bonds is 3. The highest BCUT2D eigenvalue weighted by atomic mass is 16.7. The van der Waals surface area contributed by atoms with E-state index >= 15 is 0 Å². The number of nitrogens with one attached hydrogen (secondary N) is 1. The quantitative estimate of drug-likeness (QED) is 0.835. The molecule has 29 heavy (non-hydrogen) atoms. The van der Waals surface area contributed by atoms with Crippen molar-refractivity contribution in [3.63, 3.8) is 0 Å². The Morgan fingerprint density at radius 1 is 1.21 bits per heavy atom. The molecule has 6 nitrogen and oxygen atoms in total. The lowest BCUT2D eigenvalue weighted by Crippen LogP contribution is -2.49. The first-order chi connectivity index (χ1) is 14.2. The average Bonchev–Trinajstić information content (AvgIpc) is 3.29. The number of aliphatic hydroxyl groups is 1. The van der Waals surface area contributed by atoms with Gasteiger partial charge < -0.3 is 29.4 Å². The highest BCUT2D eigenvalue weighted by Gasteiger charge is 2.54. The second kappa shape index (κ2) is 6.54. The Labute approximate surface area is 169 Å². The van der Waals surface area contributed by atoms with Crippen molar-refractivity contribution in [2.45, 2.75) is 18.1 Å². The van der Waals surface area contributed by atoms with E-state index in [4.69, 9.17) is 18.9 Å². The van der Waals surface area contributed by atoms with Gasteiger partial charge in [-0.2, -0.15) is 0 Å². The van der Waals surface area contributed by atoms with E-state index in [-0.39, 0.29) is 6.79 Å². The molecule has 2 atom stereocenters. The molecule has 0 bridgehead atoms. The highest BCUT2D eigenvalue weighted by molar-refractivity contribution is 5.89. The van der Waals surface area contributed by atoms with E-state index in [1.807, 2.05) is 30.3 Å². The van der Waals surface area contributed by atoms with Crippen LogP contribution >= 0.6 is 0 Å². The van der Waals surface area contributed by atoms with Crippen molar-refractivity contribution in [1.82, 2.24) is 5.32 Å². The van der Waals surface area contributed by atoms with Crippen LogP contribution < -0.4 is 24.3 Å². The van der Waals surface area contributed by atoms with Crippen molar-refractivity contribution < 1.29 is 24.1 Å². The molecule has 2 aromatic carbocycles. The predicted octanol–water partition coefficient (Wildman–Crippen LogP) is 3.09. The molecule has 1 aliphatic carbocycles. The number of methoxy groups -OCH3 is 2. The average molecular weight is 393 g/mol. The fourth-order valence-electron chi connectivity index (χ4n) is 4.89. The van der Waals surface area contributed by atoms with E-state index in [2.05, 4.69) is 11.9 Å². The molecule has 2 aromatic rings. The minimum Gasteiger partial charge on any atom is -0.493 e. The Kier molecular flexibility index (Phi) is 4.08. The number of fused-ring (bicyclic) bond motifs is 4. The largest absolute Gasteiger partial charge is 0.493 e. The molecule has 0 amide bonds. The zero-order valence-electron chi connectivity index (χ0n) is 16.5. The lowest BCUT2D eigenvalue weighted by Gasteiger charge is -2.41. The number of hydrogen-bond acceptors (Lipinski definition) is 6. The van der Waals surface area contributed by atoms with E-state index in [0.717, 1.165) is 40.0 Å². The molecule has 150 valence electrons. The van der Waals surface area contributed by atoms with Crippen molar-refractivity contribution in [1.29, 1.82) is 0 Å². The van der Waals surface area contributed by atoms with Crippen LogP contribution in [0.25, 0.3) is 5.57 Å². The van der Waals surface area contributed by atoms with Gasteiger partial charge in [0.05, 0.1) is 14.2 Å². The van der Waals surface area contributed by atoms with Gasteiger partial charge in [0.1, 0.15) is 11.6 Å². The van der Waals surface area contributed by atoms with Crippen molar-refractivity contribution in [2.24, 2.45) is 0 Å². The zero-order chi connectivity index (χ0) is 20.2. The standard InChI is InChI=1S/C23H23NO5/c1-4-5-15-20-14(6-7-17(26-2)21(20)27-3)22(25)23(15)16-11-19-18(28-12-29-19)10-13(16)8-9-24-23/h4-7,10-11,22,24-25H,1,8-9,12H2,2-3H3/b15-5-/t22-,23+/m1/s1. The van der Waals surface area contributed by atoms with Crippen LogP contribution in [0.5, 0.6) is 23.0 Å². The summed E-state index contributed by atoms with van der Waals surface area (Å²) in [4.78, 5) is 0. The third kappa shape index (κ3) is 2.30. The van der Waals surface area contributed by atoms with Crippen LogP contribution in [0.2, 0.25) is 0 Å². The van der Waals surface area contributed by atoms with Crippen LogP contribution in [-0.4, -0.2) is 32.7 Å². The van der Waals surface area contributed by atoms with E-state index < -0.39 is 11.6 Å². The Bertz CT molecular complexity index is 1040. The van der Waals surface area contributed by atoms with Crippen LogP contribution in [0, 0.1) is 0 Å². The summed E-state index contributed by atoms with van der Waals surface area (Å²) in [5, 5.41) is 15.2. The summed E-state index contributed by atoms with van der Waals surface area (Å²) in [6.45, 7) is 4.83. The first-order valence-electron chi connectivity index (χ1n) is 9.60. The van der Waals surface area contributed by atoms with E-state index in [1.54, 1.807) is 20.3 Å². The van der Waals surface area contributed by atoms with Gasteiger partial charge in [-0.05, 0) is 46.9 Å². The Hall–Kier alpha value is -2.96. The second-order valence-electron chi connectivity index (χ2n) is 7.33. The van der Waals surface area contributed by atoms with Crippen molar-refractivity contribution in [2.75, 3.05) is 27.6 Å².